The molecule has 146 valence electrons. The average Bonchev–Trinajstić information content (AvgIpc) is 3.20. The van der Waals surface area contributed by atoms with Gasteiger partial charge < -0.3 is 14.8 Å². The molecule has 5 nitrogen and oxygen atoms in total. The minimum absolute atomic E-state index is 0.112. The molecule has 2 aliphatic heterocycles. The van der Waals surface area contributed by atoms with Gasteiger partial charge in [-0.1, -0.05) is 36.8 Å². The van der Waals surface area contributed by atoms with Gasteiger partial charge in [-0.15, -0.1) is 0 Å². The zero-order valence-electron chi connectivity index (χ0n) is 16.0. The third-order valence-corrected chi connectivity index (χ3v) is 5.14. The lowest BCUT2D eigenvalue weighted by molar-refractivity contribution is -0.116. The van der Waals surface area contributed by atoms with Gasteiger partial charge in [0.15, 0.2) is 11.5 Å². The molecule has 1 amide bonds. The van der Waals surface area contributed by atoms with E-state index in [-0.39, 0.29) is 12.7 Å². The van der Waals surface area contributed by atoms with Crippen LogP contribution in [-0.2, 0) is 17.9 Å². The summed E-state index contributed by atoms with van der Waals surface area (Å²) in [4.78, 5) is 14.7. The van der Waals surface area contributed by atoms with Crippen molar-refractivity contribution in [1.29, 1.82) is 0 Å². The van der Waals surface area contributed by atoms with E-state index in [1.165, 1.54) is 37.9 Å². The average molecular weight is 378 g/mol. The SMILES string of the molecule is O=C(/C=C/c1ccc2c(c1)OCO2)NCc1cccc(CN2CCCCC2)c1. The van der Waals surface area contributed by atoms with Crippen molar-refractivity contribution < 1.29 is 14.3 Å². The molecule has 2 heterocycles. The fourth-order valence-electron chi connectivity index (χ4n) is 3.65. The highest BCUT2D eigenvalue weighted by Gasteiger charge is 2.12. The van der Waals surface area contributed by atoms with Gasteiger partial charge in [0.2, 0.25) is 12.7 Å². The van der Waals surface area contributed by atoms with Crippen molar-refractivity contribution in [1.82, 2.24) is 10.2 Å². The van der Waals surface area contributed by atoms with Gasteiger partial charge in [-0.3, -0.25) is 9.69 Å². The topological polar surface area (TPSA) is 50.8 Å². The van der Waals surface area contributed by atoms with Gasteiger partial charge in [0.1, 0.15) is 0 Å². The van der Waals surface area contributed by atoms with Crippen molar-refractivity contribution in [3.8, 4) is 11.5 Å². The number of nitrogens with zero attached hydrogens (tertiary/aromatic N) is 1. The Morgan fingerprint density at radius 2 is 1.82 bits per heavy atom. The van der Waals surface area contributed by atoms with E-state index in [1.807, 2.05) is 18.2 Å². The number of nitrogens with one attached hydrogen (secondary N) is 1. The molecular formula is C23H26N2O3. The zero-order valence-corrected chi connectivity index (χ0v) is 16.0. The number of carbonyl (C=O) groups excluding carboxylic acids is 1. The van der Waals surface area contributed by atoms with Gasteiger partial charge in [0.05, 0.1) is 0 Å². The molecule has 5 heteroatoms. The van der Waals surface area contributed by atoms with Crippen molar-refractivity contribution in [3.63, 3.8) is 0 Å². The standard InChI is InChI=1S/C23H26N2O3/c26-23(10-8-18-7-9-21-22(14-18)28-17-27-21)24-15-19-5-4-6-20(13-19)16-25-11-2-1-3-12-25/h4-10,13-14H,1-3,11-12,15-17H2,(H,24,26)/b10-8+. The third kappa shape index (κ3) is 4.93. The molecule has 4 rings (SSSR count). The summed E-state index contributed by atoms with van der Waals surface area (Å²) in [6.45, 7) is 4.14. The van der Waals surface area contributed by atoms with Crippen molar-refractivity contribution in [2.45, 2.75) is 32.4 Å². The summed E-state index contributed by atoms with van der Waals surface area (Å²) in [6, 6.07) is 14.1. The van der Waals surface area contributed by atoms with Crippen LogP contribution in [0.25, 0.3) is 6.08 Å². The number of benzene rings is 2. The van der Waals surface area contributed by atoms with Crippen molar-refractivity contribution in [2.75, 3.05) is 19.9 Å². The van der Waals surface area contributed by atoms with E-state index < -0.39 is 0 Å². The normalized spacial score (nSPS) is 16.4. The summed E-state index contributed by atoms with van der Waals surface area (Å²) < 4.78 is 10.7. The van der Waals surface area contributed by atoms with Gasteiger partial charge in [-0.25, -0.2) is 0 Å². The minimum atomic E-state index is -0.112. The molecule has 0 radical (unpaired) electrons. The van der Waals surface area contributed by atoms with E-state index in [9.17, 15) is 4.79 Å². The number of hydrogen-bond donors (Lipinski definition) is 1. The van der Waals surface area contributed by atoms with E-state index in [4.69, 9.17) is 9.47 Å². The molecule has 0 unspecified atom stereocenters. The number of ether oxygens (including phenoxy) is 2. The first-order chi connectivity index (χ1) is 13.8. The van der Waals surface area contributed by atoms with Crippen molar-refractivity contribution in [2.24, 2.45) is 0 Å². The smallest absolute Gasteiger partial charge is 0.244 e. The summed E-state index contributed by atoms with van der Waals surface area (Å²) >= 11 is 0. The number of carbonyl (C=O) groups is 1. The fraction of sp³-hybridized carbons (Fsp3) is 0.348. The molecule has 2 aromatic carbocycles. The summed E-state index contributed by atoms with van der Waals surface area (Å²) in [5, 5.41) is 2.96. The fourth-order valence-corrected chi connectivity index (χ4v) is 3.65. The predicted molar refractivity (Wildman–Crippen MR) is 109 cm³/mol. The quantitative estimate of drug-likeness (QED) is 0.778. The van der Waals surface area contributed by atoms with Crippen LogP contribution in [0.15, 0.2) is 48.5 Å². The molecule has 2 aromatic rings. The first-order valence-corrected chi connectivity index (χ1v) is 9.92. The molecule has 0 atom stereocenters. The molecule has 1 fully saturated rings. The Kier molecular flexibility index (Phi) is 5.92. The maximum Gasteiger partial charge on any atom is 0.244 e. The second kappa shape index (κ2) is 8.93. The van der Waals surface area contributed by atoms with Gasteiger partial charge in [-0.2, -0.15) is 0 Å². The molecule has 0 aliphatic carbocycles. The first kappa shape index (κ1) is 18.6. The van der Waals surface area contributed by atoms with Crippen LogP contribution in [-0.4, -0.2) is 30.7 Å². The molecular weight excluding hydrogens is 352 g/mol. The maximum absolute atomic E-state index is 12.2. The lowest BCUT2D eigenvalue weighted by Gasteiger charge is -2.26. The Morgan fingerprint density at radius 1 is 1.00 bits per heavy atom. The van der Waals surface area contributed by atoms with E-state index in [2.05, 4.69) is 34.5 Å². The first-order valence-electron chi connectivity index (χ1n) is 9.92. The second-order valence-corrected chi connectivity index (χ2v) is 7.32. The van der Waals surface area contributed by atoms with Crippen LogP contribution in [0.3, 0.4) is 0 Å². The van der Waals surface area contributed by atoms with Crippen LogP contribution in [0, 0.1) is 0 Å². The van der Waals surface area contributed by atoms with E-state index in [0.29, 0.717) is 12.3 Å². The summed E-state index contributed by atoms with van der Waals surface area (Å²) in [5.41, 5.74) is 3.34. The van der Waals surface area contributed by atoms with Crippen LogP contribution in [0.4, 0.5) is 0 Å². The zero-order chi connectivity index (χ0) is 19.2. The lowest BCUT2D eigenvalue weighted by Crippen LogP contribution is -2.29. The van der Waals surface area contributed by atoms with Crippen LogP contribution < -0.4 is 14.8 Å². The van der Waals surface area contributed by atoms with Crippen LogP contribution in [0.2, 0.25) is 0 Å². The molecule has 2 aliphatic rings. The Bertz CT molecular complexity index is 857. The van der Waals surface area contributed by atoms with E-state index in [1.54, 1.807) is 12.2 Å². The summed E-state index contributed by atoms with van der Waals surface area (Å²) in [5.74, 6) is 1.35. The van der Waals surface area contributed by atoms with E-state index in [0.717, 1.165) is 23.4 Å². The van der Waals surface area contributed by atoms with Gasteiger partial charge in [-0.05, 0) is 60.8 Å². The largest absolute Gasteiger partial charge is 0.454 e. The van der Waals surface area contributed by atoms with Gasteiger partial charge in [0.25, 0.3) is 0 Å². The third-order valence-electron chi connectivity index (χ3n) is 5.14. The second-order valence-electron chi connectivity index (χ2n) is 7.32. The Morgan fingerprint density at radius 3 is 2.71 bits per heavy atom. The highest BCUT2D eigenvalue weighted by Crippen LogP contribution is 2.32. The highest BCUT2D eigenvalue weighted by atomic mass is 16.7. The molecule has 1 saturated heterocycles. The lowest BCUT2D eigenvalue weighted by atomic mass is 10.1. The number of fused-ring (bicyclic) bond motifs is 1. The molecule has 0 spiro atoms. The molecule has 0 bridgehead atoms. The van der Waals surface area contributed by atoms with Crippen LogP contribution >= 0.6 is 0 Å². The van der Waals surface area contributed by atoms with Crippen molar-refractivity contribution >= 4 is 12.0 Å². The molecule has 28 heavy (non-hydrogen) atoms. The molecule has 1 N–H and O–H groups in total. The number of rotatable bonds is 6. The van der Waals surface area contributed by atoms with Gasteiger partial charge in [0, 0.05) is 19.2 Å². The summed E-state index contributed by atoms with van der Waals surface area (Å²) in [6.07, 6.45) is 7.28. The molecule has 0 saturated carbocycles. The Hall–Kier alpha value is -2.79. The number of amides is 1. The maximum atomic E-state index is 12.2. The molecule has 0 aromatic heterocycles. The van der Waals surface area contributed by atoms with E-state index >= 15 is 0 Å². The Balaban J connectivity index is 1.29. The van der Waals surface area contributed by atoms with Gasteiger partial charge >= 0.3 is 0 Å². The van der Waals surface area contributed by atoms with Crippen LogP contribution in [0.5, 0.6) is 11.5 Å². The summed E-state index contributed by atoms with van der Waals surface area (Å²) in [7, 11) is 0. The monoisotopic (exact) mass is 378 g/mol. The predicted octanol–water partition coefficient (Wildman–Crippen LogP) is 3.73. The number of hydrogen-bond acceptors (Lipinski definition) is 4. The van der Waals surface area contributed by atoms with Crippen LogP contribution in [0.1, 0.15) is 36.0 Å². The number of piperidine rings is 1. The highest BCUT2D eigenvalue weighted by molar-refractivity contribution is 5.91. The minimum Gasteiger partial charge on any atom is -0.454 e. The Labute approximate surface area is 165 Å². The number of likely N-dealkylation sites (tertiary alicyclic amines) is 1. The van der Waals surface area contributed by atoms with Crippen molar-refractivity contribution in [3.05, 3.63) is 65.2 Å².